The van der Waals surface area contributed by atoms with E-state index in [1.165, 1.54) is 12.3 Å². The summed E-state index contributed by atoms with van der Waals surface area (Å²) in [4.78, 5) is 25.5. The Morgan fingerprint density at radius 2 is 2.44 bits per heavy atom. The van der Waals surface area contributed by atoms with Gasteiger partial charge in [0.1, 0.15) is 11.3 Å². The molecule has 0 aromatic carbocycles. The molecule has 0 radical (unpaired) electrons. The van der Waals surface area contributed by atoms with Crippen LogP contribution in [-0.4, -0.2) is 33.0 Å². The van der Waals surface area contributed by atoms with Gasteiger partial charge in [-0.2, -0.15) is 4.98 Å². The number of aliphatic hydroxyl groups is 1. The second kappa shape index (κ2) is 5.64. The van der Waals surface area contributed by atoms with Gasteiger partial charge in [-0.05, 0) is 6.07 Å². The number of thiol groups is 1. The van der Waals surface area contributed by atoms with Crippen molar-refractivity contribution in [1.82, 2.24) is 9.55 Å². The van der Waals surface area contributed by atoms with E-state index in [0.717, 1.165) is 4.57 Å². The molecule has 0 spiro atoms. The van der Waals surface area contributed by atoms with Crippen molar-refractivity contribution in [2.75, 3.05) is 12.3 Å². The van der Waals surface area contributed by atoms with Crippen molar-refractivity contribution in [2.24, 2.45) is 0 Å². The molecule has 8 heteroatoms. The lowest BCUT2D eigenvalue weighted by Crippen LogP contribution is -2.31. The van der Waals surface area contributed by atoms with Gasteiger partial charge in [0, 0.05) is 6.20 Å². The summed E-state index contributed by atoms with van der Waals surface area (Å²) < 4.78 is 5.93. The Hall–Kier alpha value is -1.38. The second-order valence-corrected chi connectivity index (χ2v) is 3.42. The third-order valence-corrected chi connectivity index (χ3v) is 1.98. The highest BCUT2D eigenvalue weighted by atomic mass is 32.1. The van der Waals surface area contributed by atoms with Crippen molar-refractivity contribution >= 4 is 24.7 Å². The summed E-state index contributed by atoms with van der Waals surface area (Å²) in [6.07, 6.45) is 0.495. The molecular weight excluding hydrogens is 234 g/mol. The maximum Gasteiger partial charge on any atom is 0.351 e. The second-order valence-electron chi connectivity index (χ2n) is 2.84. The van der Waals surface area contributed by atoms with Crippen LogP contribution >= 0.6 is 12.6 Å². The number of aromatic nitrogens is 2. The SMILES string of the molecule is Nc1ccn([C@H](C=O)O[C@H](S)CO)c(=O)n1. The molecule has 0 bridgehead atoms. The van der Waals surface area contributed by atoms with Gasteiger partial charge in [-0.3, -0.25) is 9.36 Å². The topological polar surface area (TPSA) is 107 Å². The van der Waals surface area contributed by atoms with Crippen LogP contribution in [0.4, 0.5) is 5.82 Å². The zero-order valence-corrected chi connectivity index (χ0v) is 9.08. The van der Waals surface area contributed by atoms with Crippen molar-refractivity contribution in [3.63, 3.8) is 0 Å². The highest BCUT2D eigenvalue weighted by Gasteiger charge is 2.15. The fraction of sp³-hybridized carbons (Fsp3) is 0.375. The van der Waals surface area contributed by atoms with Gasteiger partial charge in [-0.1, -0.05) is 0 Å². The molecule has 2 atom stereocenters. The Morgan fingerprint density at radius 3 is 2.94 bits per heavy atom. The lowest BCUT2D eigenvalue weighted by atomic mass is 10.5. The lowest BCUT2D eigenvalue weighted by Gasteiger charge is -2.17. The highest BCUT2D eigenvalue weighted by Crippen LogP contribution is 2.08. The van der Waals surface area contributed by atoms with Crippen LogP contribution in [0.15, 0.2) is 17.1 Å². The third-order valence-electron chi connectivity index (χ3n) is 1.69. The summed E-state index contributed by atoms with van der Waals surface area (Å²) in [6.45, 7) is -0.384. The van der Waals surface area contributed by atoms with Crippen molar-refractivity contribution in [2.45, 2.75) is 11.7 Å². The van der Waals surface area contributed by atoms with Gasteiger partial charge in [-0.25, -0.2) is 4.79 Å². The molecule has 0 unspecified atom stereocenters. The standard InChI is InChI=1S/C8H11N3O4S/c9-5-1-2-11(8(14)10-5)6(3-12)15-7(16)4-13/h1-3,6-7,13,16H,4H2,(H2,9,10,14)/t6-,7+/m0/s1. The lowest BCUT2D eigenvalue weighted by molar-refractivity contribution is -0.126. The smallest absolute Gasteiger partial charge is 0.351 e. The van der Waals surface area contributed by atoms with E-state index in [4.69, 9.17) is 15.6 Å². The molecule has 0 saturated carbocycles. The van der Waals surface area contributed by atoms with Crippen LogP contribution < -0.4 is 11.4 Å². The van der Waals surface area contributed by atoms with Gasteiger partial charge in [0.15, 0.2) is 12.5 Å². The molecule has 0 amide bonds. The van der Waals surface area contributed by atoms with Crippen molar-refractivity contribution in [3.8, 4) is 0 Å². The Labute approximate surface area is 96.3 Å². The summed E-state index contributed by atoms with van der Waals surface area (Å²) in [6, 6.07) is 1.35. The van der Waals surface area contributed by atoms with Crippen LogP contribution in [0, 0.1) is 0 Å². The average Bonchev–Trinajstić information content (AvgIpc) is 2.26. The summed E-state index contributed by atoms with van der Waals surface area (Å²) in [5, 5.41) is 8.70. The Kier molecular flexibility index (Phi) is 4.47. The number of nitrogen functional groups attached to an aromatic ring is 1. The Morgan fingerprint density at radius 1 is 1.75 bits per heavy atom. The minimum atomic E-state index is -1.18. The molecule has 3 N–H and O–H groups in total. The Balaban J connectivity index is 2.95. The van der Waals surface area contributed by atoms with Gasteiger partial charge in [0.2, 0.25) is 0 Å². The highest BCUT2D eigenvalue weighted by molar-refractivity contribution is 7.80. The van der Waals surface area contributed by atoms with Gasteiger partial charge in [0.05, 0.1) is 6.61 Å². The van der Waals surface area contributed by atoms with E-state index in [9.17, 15) is 9.59 Å². The van der Waals surface area contributed by atoms with E-state index in [1.54, 1.807) is 0 Å². The van der Waals surface area contributed by atoms with E-state index in [2.05, 4.69) is 17.6 Å². The fourth-order valence-electron chi connectivity index (χ4n) is 0.987. The average molecular weight is 245 g/mol. The van der Waals surface area contributed by atoms with Crippen molar-refractivity contribution < 1.29 is 14.6 Å². The fourth-order valence-corrected chi connectivity index (χ4v) is 1.11. The van der Waals surface area contributed by atoms with Crippen molar-refractivity contribution in [1.29, 1.82) is 0 Å². The number of hydrogen-bond acceptors (Lipinski definition) is 7. The summed E-state index contributed by atoms with van der Waals surface area (Å²) >= 11 is 3.84. The zero-order chi connectivity index (χ0) is 12.1. The number of carbonyl (C=O) groups is 1. The first kappa shape index (κ1) is 12.7. The molecule has 1 rings (SSSR count). The molecule has 0 aliphatic rings. The molecular formula is C8H11N3O4S. The van der Waals surface area contributed by atoms with Crippen LogP contribution in [0.25, 0.3) is 0 Å². The first-order valence-corrected chi connectivity index (χ1v) is 4.84. The number of anilines is 1. The van der Waals surface area contributed by atoms with E-state index in [0.29, 0.717) is 6.29 Å². The summed E-state index contributed by atoms with van der Waals surface area (Å²) in [7, 11) is 0. The number of carbonyl (C=O) groups excluding carboxylic acids is 1. The number of aliphatic hydroxyl groups excluding tert-OH is 1. The maximum absolute atomic E-state index is 11.4. The summed E-state index contributed by atoms with van der Waals surface area (Å²) in [5.74, 6) is 0.0514. The maximum atomic E-state index is 11.4. The first-order valence-electron chi connectivity index (χ1n) is 4.33. The number of ether oxygens (including phenoxy) is 1. The number of aldehydes is 1. The van der Waals surface area contributed by atoms with Crippen LogP contribution in [0.3, 0.4) is 0 Å². The van der Waals surface area contributed by atoms with Gasteiger partial charge in [-0.15, -0.1) is 12.6 Å². The van der Waals surface area contributed by atoms with Crippen LogP contribution in [0.2, 0.25) is 0 Å². The van der Waals surface area contributed by atoms with Gasteiger partial charge in [0.25, 0.3) is 0 Å². The number of nitrogens with zero attached hydrogens (tertiary/aromatic N) is 2. The van der Waals surface area contributed by atoms with E-state index < -0.39 is 17.4 Å². The van der Waals surface area contributed by atoms with E-state index in [-0.39, 0.29) is 12.4 Å². The predicted octanol–water partition coefficient (Wildman–Crippen LogP) is -1.21. The minimum Gasteiger partial charge on any atom is -0.393 e. The van der Waals surface area contributed by atoms with Crippen LogP contribution in [0.5, 0.6) is 0 Å². The molecule has 7 nitrogen and oxygen atoms in total. The molecule has 1 aromatic rings. The number of rotatable bonds is 5. The molecule has 0 saturated heterocycles. The molecule has 1 heterocycles. The van der Waals surface area contributed by atoms with Crippen molar-refractivity contribution in [3.05, 3.63) is 22.7 Å². The summed E-state index contributed by atoms with van der Waals surface area (Å²) in [5.41, 5.74) is 3.71. The molecule has 1 aromatic heterocycles. The monoisotopic (exact) mass is 245 g/mol. The van der Waals surface area contributed by atoms with E-state index in [1.807, 2.05) is 0 Å². The predicted molar refractivity (Wildman–Crippen MR) is 59.0 cm³/mol. The molecule has 0 aliphatic carbocycles. The van der Waals surface area contributed by atoms with Gasteiger partial charge < -0.3 is 15.6 Å². The third kappa shape index (κ3) is 3.05. The number of nitrogens with two attached hydrogens (primary N) is 1. The molecule has 0 fully saturated rings. The van der Waals surface area contributed by atoms with Gasteiger partial charge >= 0.3 is 5.69 Å². The first-order chi connectivity index (χ1) is 7.58. The zero-order valence-electron chi connectivity index (χ0n) is 8.18. The molecule has 16 heavy (non-hydrogen) atoms. The molecule has 88 valence electrons. The van der Waals surface area contributed by atoms with Crippen LogP contribution in [0.1, 0.15) is 6.23 Å². The normalized spacial score (nSPS) is 14.4. The van der Waals surface area contributed by atoms with E-state index >= 15 is 0 Å². The number of hydrogen-bond donors (Lipinski definition) is 3. The quantitative estimate of drug-likeness (QED) is 0.341. The Bertz CT molecular complexity index is 422. The van der Waals surface area contributed by atoms with Crippen LogP contribution in [-0.2, 0) is 9.53 Å². The largest absolute Gasteiger partial charge is 0.393 e. The minimum absolute atomic E-state index is 0.0514. The molecule has 0 aliphatic heterocycles.